The Morgan fingerprint density at radius 2 is 1.83 bits per heavy atom. The number of para-hydroxylation sites is 1. The van der Waals surface area contributed by atoms with E-state index in [-0.39, 0.29) is 6.04 Å². The van der Waals surface area contributed by atoms with Crippen LogP contribution in [0.2, 0.25) is 0 Å². The third-order valence-corrected chi connectivity index (χ3v) is 5.87. The summed E-state index contributed by atoms with van der Waals surface area (Å²) < 4.78 is 7.39. The Balaban J connectivity index is 1.56. The maximum absolute atomic E-state index is 9.89. The molecule has 1 saturated heterocycles. The summed E-state index contributed by atoms with van der Waals surface area (Å²) in [5.41, 5.74) is 3.25. The van der Waals surface area contributed by atoms with Gasteiger partial charge in [-0.25, -0.2) is 4.98 Å². The van der Waals surface area contributed by atoms with Gasteiger partial charge in [0.2, 0.25) is 0 Å². The third kappa shape index (κ3) is 3.09. The Morgan fingerprint density at radius 3 is 2.60 bits per heavy atom. The summed E-state index contributed by atoms with van der Waals surface area (Å²) in [5, 5.41) is 29.4. The Hall–Kier alpha value is -3.07. The minimum absolute atomic E-state index is 0.0288. The molecular weight excluding hydrogens is 382 g/mol. The summed E-state index contributed by atoms with van der Waals surface area (Å²) in [6.45, 7) is 2.96. The van der Waals surface area contributed by atoms with Gasteiger partial charge in [-0.15, -0.1) is 10.2 Å². The van der Waals surface area contributed by atoms with Gasteiger partial charge in [-0.2, -0.15) is 0 Å². The number of β-amino-alcohol motifs (C(OH)–C–C–N with tert-alkyl or cyclic N) is 2. The van der Waals surface area contributed by atoms with Gasteiger partial charge in [-0.3, -0.25) is 9.30 Å². The van der Waals surface area contributed by atoms with Crippen LogP contribution in [0.5, 0.6) is 5.75 Å². The van der Waals surface area contributed by atoms with E-state index in [4.69, 9.17) is 9.72 Å². The summed E-state index contributed by atoms with van der Waals surface area (Å²) in [6, 6.07) is 13.7. The number of likely N-dealkylation sites (tertiary alicyclic amines) is 1. The molecule has 0 bridgehead atoms. The van der Waals surface area contributed by atoms with E-state index in [2.05, 4.69) is 22.0 Å². The van der Waals surface area contributed by atoms with Gasteiger partial charge in [0.25, 0.3) is 0 Å². The summed E-state index contributed by atoms with van der Waals surface area (Å²) in [4.78, 5) is 6.85. The molecule has 30 heavy (non-hydrogen) atoms. The number of aliphatic hydroxyl groups excluding tert-OH is 2. The van der Waals surface area contributed by atoms with Crippen LogP contribution in [0.1, 0.15) is 18.5 Å². The number of ether oxygens (including phenoxy) is 1. The van der Waals surface area contributed by atoms with Gasteiger partial charge in [0, 0.05) is 30.7 Å². The molecule has 0 amide bonds. The van der Waals surface area contributed by atoms with E-state index in [0.29, 0.717) is 30.4 Å². The fourth-order valence-corrected chi connectivity index (χ4v) is 4.06. The first-order chi connectivity index (χ1) is 14.5. The zero-order valence-corrected chi connectivity index (χ0v) is 16.8. The lowest BCUT2D eigenvalue weighted by Gasteiger charge is -2.24. The molecule has 8 nitrogen and oxygen atoms in total. The monoisotopic (exact) mass is 405 g/mol. The molecule has 3 aromatic heterocycles. The molecule has 1 unspecified atom stereocenters. The number of aromatic nitrogens is 4. The van der Waals surface area contributed by atoms with Crippen molar-refractivity contribution in [3.05, 3.63) is 54.2 Å². The number of nitrogens with zero attached hydrogens (tertiary/aromatic N) is 5. The molecule has 1 aromatic carbocycles. The van der Waals surface area contributed by atoms with Crippen LogP contribution in [0.25, 0.3) is 28.1 Å². The second-order valence-electron chi connectivity index (χ2n) is 7.71. The standard InChI is InChI=1S/C22H23N5O3/c1-13(26-11-17(28)18(29)12-26)15-7-9-20-24-25-22(27(20)10-15)16-8-6-14-4-3-5-19(30-2)21(14)23-16/h3-10,13,17-18,28-29H,11-12H2,1-2H3/t13?,17-,18-/m0/s1. The Bertz CT molecular complexity index is 1210. The van der Waals surface area contributed by atoms with Crippen LogP contribution in [0, 0.1) is 0 Å². The molecule has 0 saturated carbocycles. The lowest BCUT2D eigenvalue weighted by Crippen LogP contribution is -2.25. The molecule has 2 N–H and O–H groups in total. The van der Waals surface area contributed by atoms with Crippen LogP contribution in [0.3, 0.4) is 0 Å². The van der Waals surface area contributed by atoms with Gasteiger partial charge in [-0.05, 0) is 30.7 Å². The number of aliphatic hydroxyl groups is 2. The minimum atomic E-state index is -0.710. The average Bonchev–Trinajstić information content (AvgIpc) is 3.35. The normalized spacial score (nSPS) is 20.8. The highest BCUT2D eigenvalue weighted by atomic mass is 16.5. The predicted molar refractivity (Wildman–Crippen MR) is 112 cm³/mol. The molecule has 4 heterocycles. The molecule has 5 rings (SSSR count). The van der Waals surface area contributed by atoms with E-state index in [1.807, 2.05) is 53.1 Å². The van der Waals surface area contributed by atoms with Gasteiger partial charge in [0.05, 0.1) is 19.3 Å². The number of rotatable bonds is 4. The Morgan fingerprint density at radius 1 is 1.03 bits per heavy atom. The largest absolute Gasteiger partial charge is 0.494 e. The number of benzene rings is 1. The van der Waals surface area contributed by atoms with Crippen molar-refractivity contribution >= 4 is 16.6 Å². The highest BCUT2D eigenvalue weighted by molar-refractivity contribution is 5.86. The van der Waals surface area contributed by atoms with Crippen LogP contribution in [-0.4, -0.2) is 67.1 Å². The summed E-state index contributed by atoms with van der Waals surface area (Å²) in [5.74, 6) is 1.36. The van der Waals surface area contributed by atoms with Gasteiger partial charge >= 0.3 is 0 Å². The Kier molecular flexibility index (Phi) is 4.62. The highest BCUT2D eigenvalue weighted by Crippen LogP contribution is 2.29. The number of pyridine rings is 2. The second-order valence-corrected chi connectivity index (χ2v) is 7.71. The predicted octanol–water partition coefficient (Wildman–Crippen LogP) is 2.05. The molecule has 3 atom stereocenters. The number of hydrogen-bond donors (Lipinski definition) is 2. The fourth-order valence-electron chi connectivity index (χ4n) is 4.06. The third-order valence-electron chi connectivity index (χ3n) is 5.87. The molecule has 0 aliphatic carbocycles. The van der Waals surface area contributed by atoms with Crippen LogP contribution >= 0.6 is 0 Å². The first-order valence-electron chi connectivity index (χ1n) is 9.94. The zero-order chi connectivity index (χ0) is 20.8. The maximum atomic E-state index is 9.89. The van der Waals surface area contributed by atoms with Gasteiger partial charge in [-0.1, -0.05) is 24.3 Å². The number of fused-ring (bicyclic) bond motifs is 2. The lowest BCUT2D eigenvalue weighted by atomic mass is 10.1. The van der Waals surface area contributed by atoms with Crippen molar-refractivity contribution in [2.45, 2.75) is 25.2 Å². The van der Waals surface area contributed by atoms with Crippen LogP contribution in [-0.2, 0) is 0 Å². The summed E-state index contributed by atoms with van der Waals surface area (Å²) in [6.07, 6.45) is 0.581. The van der Waals surface area contributed by atoms with Crippen molar-refractivity contribution in [2.24, 2.45) is 0 Å². The first-order valence-corrected chi connectivity index (χ1v) is 9.94. The quantitative estimate of drug-likeness (QED) is 0.536. The second kappa shape index (κ2) is 7.32. The van der Waals surface area contributed by atoms with Crippen molar-refractivity contribution < 1.29 is 14.9 Å². The van der Waals surface area contributed by atoms with Gasteiger partial charge in [0.15, 0.2) is 11.5 Å². The van der Waals surface area contributed by atoms with Crippen molar-refractivity contribution in [1.29, 1.82) is 0 Å². The fraction of sp³-hybridized carbons (Fsp3) is 0.318. The van der Waals surface area contributed by atoms with E-state index in [1.165, 1.54) is 0 Å². The molecule has 1 aliphatic rings. The molecule has 8 heteroatoms. The van der Waals surface area contributed by atoms with Crippen molar-refractivity contribution in [3.63, 3.8) is 0 Å². The maximum Gasteiger partial charge on any atom is 0.187 e. The van der Waals surface area contributed by atoms with Crippen molar-refractivity contribution in [1.82, 2.24) is 24.5 Å². The molecule has 154 valence electrons. The smallest absolute Gasteiger partial charge is 0.187 e. The van der Waals surface area contributed by atoms with E-state index in [1.54, 1.807) is 7.11 Å². The van der Waals surface area contributed by atoms with Crippen LogP contribution < -0.4 is 4.74 Å². The van der Waals surface area contributed by atoms with E-state index >= 15 is 0 Å². The average molecular weight is 405 g/mol. The van der Waals surface area contributed by atoms with E-state index < -0.39 is 12.2 Å². The van der Waals surface area contributed by atoms with Crippen molar-refractivity contribution in [3.8, 4) is 17.3 Å². The zero-order valence-electron chi connectivity index (χ0n) is 16.8. The van der Waals surface area contributed by atoms with E-state index in [9.17, 15) is 10.2 Å². The van der Waals surface area contributed by atoms with Gasteiger partial charge in [0.1, 0.15) is 17.0 Å². The van der Waals surface area contributed by atoms with Crippen LogP contribution in [0.15, 0.2) is 48.7 Å². The highest BCUT2D eigenvalue weighted by Gasteiger charge is 2.32. The molecule has 0 spiro atoms. The van der Waals surface area contributed by atoms with Gasteiger partial charge < -0.3 is 14.9 Å². The first kappa shape index (κ1) is 18.9. The minimum Gasteiger partial charge on any atom is -0.494 e. The van der Waals surface area contributed by atoms with Crippen molar-refractivity contribution in [2.75, 3.05) is 20.2 Å². The molecular formula is C22H23N5O3. The molecule has 0 radical (unpaired) electrons. The van der Waals surface area contributed by atoms with E-state index in [0.717, 1.165) is 22.1 Å². The number of methoxy groups -OCH3 is 1. The Labute approximate surface area is 173 Å². The topological polar surface area (TPSA) is 96.0 Å². The SMILES string of the molecule is COc1cccc2ccc(-c3nnc4ccc(C(C)N5C[C@H](O)[C@@H](O)C5)cn34)nc12. The summed E-state index contributed by atoms with van der Waals surface area (Å²) in [7, 11) is 1.63. The van der Waals surface area contributed by atoms with Crippen LogP contribution in [0.4, 0.5) is 0 Å². The summed E-state index contributed by atoms with van der Waals surface area (Å²) >= 11 is 0. The molecule has 1 fully saturated rings. The molecule has 4 aromatic rings. The lowest BCUT2D eigenvalue weighted by molar-refractivity contribution is 0.0572. The molecule has 1 aliphatic heterocycles. The number of hydrogen-bond acceptors (Lipinski definition) is 7.